The third-order valence-corrected chi connectivity index (χ3v) is 8.00. The number of aromatic nitrogens is 2. The molecule has 10 nitrogen and oxygen atoms in total. The first-order chi connectivity index (χ1) is 21.6. The number of hydrogen-bond donors (Lipinski definition) is 1. The van der Waals surface area contributed by atoms with E-state index in [2.05, 4.69) is 22.3 Å². The number of hydrogen-bond acceptors (Lipinski definition) is 9. The third-order valence-electron chi connectivity index (χ3n) is 8.00. The molecule has 10 heteroatoms. The third kappa shape index (κ3) is 4.06. The maximum absolute atomic E-state index is 5.75. The molecule has 5 aromatic rings. The van der Waals surface area contributed by atoms with Gasteiger partial charge in [-0.2, -0.15) is 5.10 Å². The maximum atomic E-state index is 5.75. The highest BCUT2D eigenvalue weighted by Gasteiger charge is 2.41. The lowest BCUT2D eigenvalue weighted by atomic mass is 9.93. The number of aliphatic imine (C=N–C) groups is 2. The average Bonchev–Trinajstić information content (AvgIpc) is 3.67. The Bertz CT molecular complexity index is 1980. The van der Waals surface area contributed by atoms with Crippen LogP contribution in [-0.2, 0) is 0 Å². The first-order valence-electron chi connectivity index (χ1n) is 14.2. The van der Waals surface area contributed by atoms with E-state index in [0.29, 0.717) is 34.7 Å². The van der Waals surface area contributed by atoms with Crippen molar-refractivity contribution >= 4 is 34.6 Å². The summed E-state index contributed by atoms with van der Waals surface area (Å²) in [7, 11) is 3.29. The van der Waals surface area contributed by atoms with E-state index in [1.807, 2.05) is 90.5 Å². The average molecular weight is 585 g/mol. The number of rotatable bonds is 5. The molecule has 218 valence electrons. The van der Waals surface area contributed by atoms with E-state index >= 15 is 0 Å². The molecule has 44 heavy (non-hydrogen) atoms. The Morgan fingerprint density at radius 3 is 2.45 bits per heavy atom. The summed E-state index contributed by atoms with van der Waals surface area (Å²) in [6.45, 7) is 2.23. The molecule has 3 aliphatic heterocycles. The van der Waals surface area contributed by atoms with Gasteiger partial charge in [-0.1, -0.05) is 36.4 Å². The fourth-order valence-electron chi connectivity index (χ4n) is 6.00. The normalized spacial score (nSPS) is 15.9. The van der Waals surface area contributed by atoms with Crippen LogP contribution in [0.1, 0.15) is 22.9 Å². The molecule has 0 aliphatic carbocycles. The second-order valence-electron chi connectivity index (χ2n) is 10.5. The SMILES string of the molecule is COc1ccc([C@@H]2c3c(C)nn(-c4ccccc4)c3N=C3C(Nc4ccc5c(c4)OCO5)=Nc4ccccc4N32)cc1OC. The summed E-state index contributed by atoms with van der Waals surface area (Å²) in [5.41, 5.74) is 6.32. The van der Waals surface area contributed by atoms with Crippen LogP contribution in [0, 0.1) is 6.92 Å². The van der Waals surface area contributed by atoms with E-state index in [-0.39, 0.29) is 12.8 Å². The second kappa shape index (κ2) is 10.2. The molecule has 1 atom stereocenters. The highest BCUT2D eigenvalue weighted by molar-refractivity contribution is 6.51. The van der Waals surface area contributed by atoms with Crippen molar-refractivity contribution in [3.63, 3.8) is 0 Å². The summed E-state index contributed by atoms with van der Waals surface area (Å²) in [5, 5.41) is 8.54. The smallest absolute Gasteiger partial charge is 0.231 e. The van der Waals surface area contributed by atoms with Gasteiger partial charge in [-0.05, 0) is 61.0 Å². The highest BCUT2D eigenvalue weighted by atomic mass is 16.7. The predicted octanol–water partition coefficient (Wildman–Crippen LogP) is 6.72. The van der Waals surface area contributed by atoms with Crippen LogP contribution in [0.15, 0.2) is 101 Å². The van der Waals surface area contributed by atoms with Gasteiger partial charge >= 0.3 is 0 Å². The van der Waals surface area contributed by atoms with E-state index in [1.54, 1.807) is 14.2 Å². The number of nitrogens with one attached hydrogen (secondary N) is 1. The van der Waals surface area contributed by atoms with E-state index in [4.69, 9.17) is 34.0 Å². The number of aryl methyl sites for hydroxylation is 1. The largest absolute Gasteiger partial charge is 0.493 e. The van der Waals surface area contributed by atoms with Gasteiger partial charge in [0.05, 0.1) is 43.0 Å². The fourth-order valence-corrected chi connectivity index (χ4v) is 6.00. The van der Waals surface area contributed by atoms with Crippen molar-refractivity contribution in [2.75, 3.05) is 31.2 Å². The Balaban J connectivity index is 1.36. The van der Waals surface area contributed by atoms with Crippen molar-refractivity contribution in [2.24, 2.45) is 9.98 Å². The van der Waals surface area contributed by atoms with Crippen molar-refractivity contribution in [1.82, 2.24) is 9.78 Å². The predicted molar refractivity (Wildman–Crippen MR) is 169 cm³/mol. The van der Waals surface area contributed by atoms with E-state index in [0.717, 1.165) is 45.4 Å². The highest BCUT2D eigenvalue weighted by Crippen LogP contribution is 2.49. The lowest BCUT2D eigenvalue weighted by molar-refractivity contribution is 0.174. The molecule has 8 rings (SSSR count). The molecule has 1 N–H and O–H groups in total. The standard InChI is InChI=1S/C34H28N6O4/c1-20-30-31(21-13-15-26(41-2)28(17-21)42-3)39-25-12-8-7-11-24(25)36-32(35-22-14-16-27-29(18-22)44-19-43-27)34(39)37-33(30)40(38-20)23-9-5-4-6-10-23/h4-18,31H,19H2,1-3H3,(H,35,36)/t31-/m1/s1. The number of anilines is 2. The Labute approximate surface area is 253 Å². The topological polar surface area (TPSA) is 94.7 Å². The lowest BCUT2D eigenvalue weighted by Gasteiger charge is -2.40. The van der Waals surface area contributed by atoms with Gasteiger partial charge in [0, 0.05) is 17.3 Å². The van der Waals surface area contributed by atoms with Crippen LogP contribution in [0.2, 0.25) is 0 Å². The van der Waals surface area contributed by atoms with Crippen LogP contribution >= 0.6 is 0 Å². The summed E-state index contributed by atoms with van der Waals surface area (Å²) in [4.78, 5) is 12.6. The van der Waals surface area contributed by atoms with Crippen LogP contribution in [0.4, 0.5) is 22.9 Å². The van der Waals surface area contributed by atoms with Crippen molar-refractivity contribution in [1.29, 1.82) is 0 Å². The van der Waals surface area contributed by atoms with Crippen molar-refractivity contribution in [3.05, 3.63) is 108 Å². The molecule has 0 saturated carbocycles. The van der Waals surface area contributed by atoms with Crippen molar-refractivity contribution < 1.29 is 18.9 Å². The number of amidine groups is 2. The van der Waals surface area contributed by atoms with E-state index < -0.39 is 0 Å². The zero-order chi connectivity index (χ0) is 29.8. The molecule has 4 heterocycles. The lowest BCUT2D eigenvalue weighted by Crippen LogP contribution is -2.46. The molecule has 0 fully saturated rings. The fraction of sp³-hybridized carbons (Fsp3) is 0.147. The monoisotopic (exact) mass is 584 g/mol. The summed E-state index contributed by atoms with van der Waals surface area (Å²) < 4.78 is 24.4. The number of ether oxygens (including phenoxy) is 4. The van der Waals surface area contributed by atoms with Gasteiger partial charge < -0.3 is 29.2 Å². The number of benzene rings is 4. The van der Waals surface area contributed by atoms with E-state index in [1.165, 1.54) is 0 Å². The Morgan fingerprint density at radius 2 is 1.61 bits per heavy atom. The minimum Gasteiger partial charge on any atom is -0.493 e. The number of methoxy groups -OCH3 is 2. The Morgan fingerprint density at radius 1 is 0.818 bits per heavy atom. The quantitative estimate of drug-likeness (QED) is 0.245. The molecule has 0 bridgehead atoms. The van der Waals surface area contributed by atoms with Crippen molar-refractivity contribution in [3.8, 4) is 28.7 Å². The summed E-state index contributed by atoms with van der Waals surface area (Å²) in [6, 6.07) is 29.6. The van der Waals surface area contributed by atoms with Gasteiger partial charge in [0.15, 0.2) is 40.5 Å². The van der Waals surface area contributed by atoms with Crippen LogP contribution in [0.5, 0.6) is 23.0 Å². The van der Waals surface area contributed by atoms with Gasteiger partial charge in [-0.3, -0.25) is 0 Å². The molecule has 3 aliphatic rings. The summed E-state index contributed by atoms with van der Waals surface area (Å²) in [6.07, 6.45) is 0. The number of nitrogens with zero attached hydrogens (tertiary/aromatic N) is 5. The maximum Gasteiger partial charge on any atom is 0.231 e. The van der Waals surface area contributed by atoms with Gasteiger partial charge in [-0.25, -0.2) is 14.7 Å². The molecular weight excluding hydrogens is 556 g/mol. The summed E-state index contributed by atoms with van der Waals surface area (Å²) in [5.74, 6) is 4.67. The molecule has 0 amide bonds. The number of para-hydroxylation sites is 3. The van der Waals surface area contributed by atoms with Crippen molar-refractivity contribution in [2.45, 2.75) is 13.0 Å². The molecule has 4 aromatic carbocycles. The molecule has 0 radical (unpaired) electrons. The molecule has 0 spiro atoms. The zero-order valence-electron chi connectivity index (χ0n) is 24.3. The van der Waals surface area contributed by atoms with Gasteiger partial charge in [-0.15, -0.1) is 0 Å². The minimum atomic E-state index is -0.306. The van der Waals surface area contributed by atoms with Crippen LogP contribution in [0.25, 0.3) is 5.69 Å². The molecular formula is C34H28N6O4. The van der Waals surface area contributed by atoms with Gasteiger partial charge in [0.1, 0.15) is 0 Å². The van der Waals surface area contributed by atoms with Gasteiger partial charge in [0.25, 0.3) is 0 Å². The molecule has 0 unspecified atom stereocenters. The minimum absolute atomic E-state index is 0.201. The molecule has 1 aromatic heterocycles. The molecule has 0 saturated heterocycles. The zero-order valence-corrected chi connectivity index (χ0v) is 24.3. The van der Waals surface area contributed by atoms with Crippen LogP contribution < -0.4 is 29.2 Å². The van der Waals surface area contributed by atoms with E-state index in [9.17, 15) is 0 Å². The van der Waals surface area contributed by atoms with Crippen LogP contribution in [-0.4, -0.2) is 42.5 Å². The number of fused-ring (bicyclic) bond motifs is 5. The van der Waals surface area contributed by atoms with Gasteiger partial charge in [0.2, 0.25) is 6.79 Å². The Hall–Kier alpha value is -5.77. The second-order valence-corrected chi connectivity index (χ2v) is 10.5. The van der Waals surface area contributed by atoms with Crippen LogP contribution in [0.3, 0.4) is 0 Å². The Kier molecular flexibility index (Phi) is 6.00. The first kappa shape index (κ1) is 25.9. The first-order valence-corrected chi connectivity index (χ1v) is 14.2. The summed E-state index contributed by atoms with van der Waals surface area (Å²) >= 11 is 0.